The van der Waals surface area contributed by atoms with Crippen LogP contribution in [-0.4, -0.2) is 29.8 Å². The van der Waals surface area contributed by atoms with Gasteiger partial charge in [0.25, 0.3) is 0 Å². The smallest absolute Gasteiger partial charge is 0.225 e. The summed E-state index contributed by atoms with van der Waals surface area (Å²) in [6, 6.07) is 4.62. The van der Waals surface area contributed by atoms with Crippen molar-refractivity contribution in [3.63, 3.8) is 0 Å². The molecule has 2 fully saturated rings. The fourth-order valence-corrected chi connectivity index (χ4v) is 4.14. The number of amides is 2. The molecule has 1 N–H and O–H groups in total. The lowest BCUT2D eigenvalue weighted by molar-refractivity contribution is -0.139. The molecule has 0 spiro atoms. The maximum atomic E-state index is 13.4. The lowest BCUT2D eigenvalue weighted by atomic mass is 9.87. The zero-order chi connectivity index (χ0) is 18.5. The van der Waals surface area contributed by atoms with Crippen molar-refractivity contribution < 1.29 is 14.0 Å². The number of carbonyl (C=O) groups is 2. The molecule has 1 aliphatic carbocycles. The van der Waals surface area contributed by atoms with Gasteiger partial charge in [-0.15, -0.1) is 0 Å². The summed E-state index contributed by atoms with van der Waals surface area (Å²) in [4.78, 5) is 26.7. The molecule has 3 rings (SSSR count). The van der Waals surface area contributed by atoms with Gasteiger partial charge >= 0.3 is 0 Å². The molecule has 0 unspecified atom stereocenters. The molecular formula is C21H29FN2O2. The van der Waals surface area contributed by atoms with Gasteiger partial charge in [0.1, 0.15) is 5.82 Å². The van der Waals surface area contributed by atoms with Gasteiger partial charge in [-0.25, -0.2) is 4.39 Å². The van der Waals surface area contributed by atoms with Gasteiger partial charge in [-0.3, -0.25) is 9.59 Å². The summed E-state index contributed by atoms with van der Waals surface area (Å²) in [7, 11) is 0. The fraction of sp³-hybridized carbons (Fsp3) is 0.619. The van der Waals surface area contributed by atoms with Crippen LogP contribution in [0.1, 0.15) is 56.1 Å². The van der Waals surface area contributed by atoms with Crippen LogP contribution in [-0.2, 0) is 16.1 Å². The lowest BCUT2D eigenvalue weighted by Gasteiger charge is -2.35. The van der Waals surface area contributed by atoms with Crippen molar-refractivity contribution in [3.8, 4) is 0 Å². The number of hydrogen-bond donors (Lipinski definition) is 1. The molecule has 1 saturated heterocycles. The Morgan fingerprint density at radius 2 is 2.00 bits per heavy atom. The summed E-state index contributed by atoms with van der Waals surface area (Å²) >= 11 is 0. The summed E-state index contributed by atoms with van der Waals surface area (Å²) in [5.41, 5.74) is 1.76. The van der Waals surface area contributed by atoms with Crippen molar-refractivity contribution >= 4 is 11.8 Å². The normalized spacial score (nSPS) is 21.7. The van der Waals surface area contributed by atoms with E-state index in [0.717, 1.165) is 17.7 Å². The van der Waals surface area contributed by atoms with E-state index in [2.05, 4.69) is 5.32 Å². The zero-order valence-corrected chi connectivity index (χ0v) is 15.6. The molecule has 1 atom stereocenters. The van der Waals surface area contributed by atoms with E-state index in [9.17, 15) is 14.0 Å². The van der Waals surface area contributed by atoms with E-state index in [0.29, 0.717) is 31.8 Å². The molecule has 1 aromatic carbocycles. The number of rotatable bonds is 5. The van der Waals surface area contributed by atoms with Crippen LogP contribution in [0, 0.1) is 24.6 Å². The average molecular weight is 360 g/mol. The van der Waals surface area contributed by atoms with Crippen LogP contribution in [0.2, 0.25) is 0 Å². The number of likely N-dealkylation sites (tertiary alicyclic amines) is 1. The highest BCUT2D eigenvalue weighted by Gasteiger charge is 2.31. The Hall–Kier alpha value is -1.91. The summed E-state index contributed by atoms with van der Waals surface area (Å²) in [6.07, 6.45) is 7.25. The molecule has 1 aromatic rings. The molecule has 4 nitrogen and oxygen atoms in total. The zero-order valence-electron chi connectivity index (χ0n) is 15.6. The Morgan fingerprint density at radius 1 is 1.23 bits per heavy atom. The Morgan fingerprint density at radius 3 is 2.77 bits per heavy atom. The van der Waals surface area contributed by atoms with Gasteiger partial charge in [0, 0.05) is 26.1 Å². The first-order valence-electron chi connectivity index (χ1n) is 9.83. The van der Waals surface area contributed by atoms with Crippen molar-refractivity contribution in [1.29, 1.82) is 0 Å². The number of halogens is 1. The van der Waals surface area contributed by atoms with Crippen molar-refractivity contribution in [3.05, 3.63) is 35.1 Å². The summed E-state index contributed by atoms with van der Waals surface area (Å²) in [5.74, 6) is 0.284. The molecule has 0 aromatic heterocycles. The van der Waals surface area contributed by atoms with Crippen LogP contribution in [0.4, 0.5) is 4.39 Å². The molecule has 0 bridgehead atoms. The van der Waals surface area contributed by atoms with Crippen LogP contribution < -0.4 is 5.32 Å². The average Bonchev–Trinajstić information content (AvgIpc) is 2.65. The predicted octanol–water partition coefficient (Wildman–Crippen LogP) is 3.57. The van der Waals surface area contributed by atoms with E-state index in [1.54, 1.807) is 6.07 Å². The largest absolute Gasteiger partial charge is 0.352 e. The lowest BCUT2D eigenvalue weighted by Crippen LogP contribution is -2.47. The number of nitrogens with zero attached hydrogens (tertiary/aromatic N) is 1. The molecule has 2 amide bonds. The Balaban J connectivity index is 1.53. The van der Waals surface area contributed by atoms with Crippen LogP contribution in [0.15, 0.2) is 18.2 Å². The standard InChI is InChI=1S/C21H29FN2O2/c1-15-7-9-19(22)11-18(15)12-23-21(26)17-8-10-20(25)24(14-17)13-16-5-3-2-4-6-16/h7,9,11,16-17H,2-6,8,10,12-14H2,1H3,(H,23,26)/t17-/m1/s1. The van der Waals surface area contributed by atoms with Gasteiger partial charge < -0.3 is 10.2 Å². The quantitative estimate of drug-likeness (QED) is 0.873. The van der Waals surface area contributed by atoms with Crippen LogP contribution in [0.5, 0.6) is 0 Å². The van der Waals surface area contributed by atoms with Crippen LogP contribution in [0.3, 0.4) is 0 Å². The van der Waals surface area contributed by atoms with Crippen molar-refractivity contribution in [2.75, 3.05) is 13.1 Å². The highest BCUT2D eigenvalue weighted by atomic mass is 19.1. The third kappa shape index (κ3) is 4.83. The number of benzene rings is 1. The van der Waals surface area contributed by atoms with Crippen LogP contribution >= 0.6 is 0 Å². The Bertz CT molecular complexity index is 655. The first-order valence-corrected chi connectivity index (χ1v) is 9.83. The number of aryl methyl sites for hydroxylation is 1. The minimum absolute atomic E-state index is 0.0326. The van der Waals surface area contributed by atoms with Crippen molar-refractivity contribution in [2.45, 2.75) is 58.4 Å². The van der Waals surface area contributed by atoms with Gasteiger partial charge in [0.2, 0.25) is 11.8 Å². The van der Waals surface area contributed by atoms with Gasteiger partial charge in [0.15, 0.2) is 0 Å². The topological polar surface area (TPSA) is 49.4 Å². The van der Waals surface area contributed by atoms with Gasteiger partial charge in [0.05, 0.1) is 5.92 Å². The fourth-order valence-electron chi connectivity index (χ4n) is 4.14. The molecule has 26 heavy (non-hydrogen) atoms. The third-order valence-corrected chi connectivity index (χ3v) is 5.84. The van der Waals surface area contributed by atoms with Gasteiger partial charge in [-0.2, -0.15) is 0 Å². The Labute approximate surface area is 155 Å². The van der Waals surface area contributed by atoms with Crippen molar-refractivity contribution in [1.82, 2.24) is 10.2 Å². The van der Waals surface area contributed by atoms with E-state index >= 15 is 0 Å². The second kappa shape index (κ2) is 8.65. The molecule has 1 aliphatic heterocycles. The molecule has 142 valence electrons. The van der Waals surface area contributed by atoms with E-state index in [-0.39, 0.29) is 23.5 Å². The number of piperidine rings is 1. The number of hydrogen-bond acceptors (Lipinski definition) is 2. The highest BCUT2D eigenvalue weighted by Crippen LogP contribution is 2.27. The SMILES string of the molecule is Cc1ccc(F)cc1CNC(=O)[C@@H]1CCC(=O)N(CC2CCCCC2)C1. The molecule has 1 saturated carbocycles. The summed E-state index contributed by atoms with van der Waals surface area (Å²) in [6.45, 7) is 3.55. The molecular weight excluding hydrogens is 331 g/mol. The van der Waals surface area contributed by atoms with E-state index < -0.39 is 0 Å². The van der Waals surface area contributed by atoms with E-state index in [1.165, 1.54) is 44.2 Å². The predicted molar refractivity (Wildman–Crippen MR) is 98.9 cm³/mol. The van der Waals surface area contributed by atoms with Crippen molar-refractivity contribution in [2.24, 2.45) is 11.8 Å². The molecule has 1 heterocycles. The monoisotopic (exact) mass is 360 g/mol. The highest BCUT2D eigenvalue weighted by molar-refractivity contribution is 5.83. The van der Waals surface area contributed by atoms with E-state index in [1.807, 2.05) is 11.8 Å². The maximum absolute atomic E-state index is 13.4. The minimum atomic E-state index is -0.290. The first-order chi connectivity index (χ1) is 12.5. The Kier molecular flexibility index (Phi) is 6.28. The first kappa shape index (κ1) is 18.9. The second-order valence-corrected chi connectivity index (χ2v) is 7.83. The minimum Gasteiger partial charge on any atom is -0.352 e. The molecule has 5 heteroatoms. The van der Waals surface area contributed by atoms with E-state index in [4.69, 9.17) is 0 Å². The maximum Gasteiger partial charge on any atom is 0.225 e. The third-order valence-electron chi connectivity index (χ3n) is 5.84. The van der Waals surface area contributed by atoms with Gasteiger partial charge in [-0.1, -0.05) is 25.3 Å². The number of carbonyl (C=O) groups excluding carboxylic acids is 2. The number of nitrogens with one attached hydrogen (secondary N) is 1. The van der Waals surface area contributed by atoms with Crippen LogP contribution in [0.25, 0.3) is 0 Å². The molecule has 2 aliphatic rings. The second-order valence-electron chi connectivity index (χ2n) is 7.83. The molecule has 0 radical (unpaired) electrons. The summed E-state index contributed by atoms with van der Waals surface area (Å²) in [5, 5.41) is 2.93. The van der Waals surface area contributed by atoms with Gasteiger partial charge in [-0.05, 0) is 55.4 Å². The summed E-state index contributed by atoms with van der Waals surface area (Å²) < 4.78 is 13.4.